The molecule has 0 aliphatic rings. The summed E-state index contributed by atoms with van der Waals surface area (Å²) in [6, 6.07) is 9.68. The van der Waals surface area contributed by atoms with E-state index < -0.39 is 0 Å². The normalized spacial score (nSPS) is 10.7. The molecule has 0 bridgehead atoms. The number of aromatic nitrogens is 2. The number of thiophene rings is 1. The summed E-state index contributed by atoms with van der Waals surface area (Å²) in [5.74, 6) is 0.828. The fourth-order valence-electron chi connectivity index (χ4n) is 1.78. The van der Waals surface area contributed by atoms with Crippen molar-refractivity contribution in [1.29, 1.82) is 0 Å². The van der Waals surface area contributed by atoms with Gasteiger partial charge in [-0.15, -0.1) is 11.3 Å². The molecule has 0 saturated heterocycles. The number of nitrogens with two attached hydrogens (primary N) is 1. The minimum absolute atomic E-state index is 0.750. The van der Waals surface area contributed by atoms with Gasteiger partial charge in [-0.05, 0) is 37.3 Å². The fourth-order valence-corrected chi connectivity index (χ4v) is 2.63. The van der Waals surface area contributed by atoms with Crippen LogP contribution in [-0.2, 0) is 0 Å². The van der Waals surface area contributed by atoms with Gasteiger partial charge in [0.05, 0.1) is 5.39 Å². The average molecular weight is 256 g/mol. The minimum atomic E-state index is 0.750. The van der Waals surface area contributed by atoms with Gasteiger partial charge in [-0.25, -0.2) is 9.97 Å². The van der Waals surface area contributed by atoms with E-state index in [9.17, 15) is 0 Å². The smallest absolute Gasteiger partial charge is 0.142 e. The molecule has 5 heteroatoms. The number of aryl methyl sites for hydroxylation is 1. The third kappa shape index (κ3) is 2.00. The van der Waals surface area contributed by atoms with Crippen LogP contribution in [0.1, 0.15) is 4.88 Å². The number of nitrogens with zero attached hydrogens (tertiary/aromatic N) is 2. The van der Waals surface area contributed by atoms with E-state index in [2.05, 4.69) is 28.3 Å². The zero-order valence-corrected chi connectivity index (χ0v) is 10.7. The predicted octanol–water partition coefficient (Wildman–Crippen LogP) is 3.33. The van der Waals surface area contributed by atoms with E-state index in [1.165, 1.54) is 4.88 Å². The van der Waals surface area contributed by atoms with Crippen LogP contribution in [0.5, 0.6) is 0 Å². The van der Waals surface area contributed by atoms with Crippen molar-refractivity contribution in [2.75, 3.05) is 11.1 Å². The van der Waals surface area contributed by atoms with Crippen molar-refractivity contribution in [1.82, 2.24) is 9.97 Å². The van der Waals surface area contributed by atoms with Gasteiger partial charge in [0.2, 0.25) is 0 Å². The summed E-state index contributed by atoms with van der Waals surface area (Å²) in [5.41, 5.74) is 7.38. The van der Waals surface area contributed by atoms with Crippen LogP contribution in [0.4, 0.5) is 17.2 Å². The molecule has 3 rings (SSSR count). The van der Waals surface area contributed by atoms with Crippen LogP contribution >= 0.6 is 11.3 Å². The van der Waals surface area contributed by atoms with E-state index in [4.69, 9.17) is 5.73 Å². The van der Waals surface area contributed by atoms with E-state index >= 15 is 0 Å². The number of fused-ring (bicyclic) bond motifs is 1. The lowest BCUT2D eigenvalue weighted by Crippen LogP contribution is -1.94. The first-order valence-electron chi connectivity index (χ1n) is 5.56. The first kappa shape index (κ1) is 11.0. The first-order chi connectivity index (χ1) is 8.72. The monoisotopic (exact) mass is 256 g/mol. The third-order valence-corrected chi connectivity index (χ3v) is 3.58. The molecule has 3 N–H and O–H groups in total. The van der Waals surface area contributed by atoms with Gasteiger partial charge in [-0.2, -0.15) is 0 Å². The highest BCUT2D eigenvalue weighted by atomic mass is 32.1. The van der Waals surface area contributed by atoms with Crippen molar-refractivity contribution >= 4 is 38.7 Å². The molecule has 0 fully saturated rings. The topological polar surface area (TPSA) is 63.8 Å². The molecule has 3 aromatic rings. The number of nitrogens with one attached hydrogen (secondary N) is 1. The molecule has 18 heavy (non-hydrogen) atoms. The maximum absolute atomic E-state index is 5.66. The molecular weight excluding hydrogens is 244 g/mol. The number of hydrogen-bond donors (Lipinski definition) is 2. The highest BCUT2D eigenvalue weighted by molar-refractivity contribution is 7.18. The summed E-state index contributed by atoms with van der Waals surface area (Å²) in [5, 5.41) is 4.34. The Bertz CT molecular complexity index is 688. The lowest BCUT2D eigenvalue weighted by Gasteiger charge is -2.06. The molecule has 90 valence electrons. The summed E-state index contributed by atoms with van der Waals surface area (Å²) in [6.45, 7) is 2.07. The maximum atomic E-state index is 5.66. The van der Waals surface area contributed by atoms with Gasteiger partial charge in [-0.1, -0.05) is 0 Å². The van der Waals surface area contributed by atoms with Crippen molar-refractivity contribution < 1.29 is 0 Å². The highest BCUT2D eigenvalue weighted by Crippen LogP contribution is 2.29. The lowest BCUT2D eigenvalue weighted by atomic mass is 10.2. The molecule has 4 nitrogen and oxygen atoms in total. The van der Waals surface area contributed by atoms with Crippen LogP contribution in [0.2, 0.25) is 0 Å². The minimum Gasteiger partial charge on any atom is -0.399 e. The number of rotatable bonds is 2. The SMILES string of the molecule is Cc1cc2c(Nc3ccc(N)cc3)ncnc2s1. The summed E-state index contributed by atoms with van der Waals surface area (Å²) < 4.78 is 0. The second-order valence-corrected chi connectivity index (χ2v) is 5.28. The summed E-state index contributed by atoms with van der Waals surface area (Å²) in [6.07, 6.45) is 1.58. The van der Waals surface area contributed by atoms with Gasteiger partial charge in [-0.3, -0.25) is 0 Å². The molecule has 0 spiro atoms. The third-order valence-electron chi connectivity index (χ3n) is 2.63. The molecule has 0 aliphatic carbocycles. The van der Waals surface area contributed by atoms with Crippen LogP contribution in [0.25, 0.3) is 10.2 Å². The molecule has 2 aromatic heterocycles. The summed E-state index contributed by atoms with van der Waals surface area (Å²) in [7, 11) is 0. The highest BCUT2D eigenvalue weighted by Gasteiger charge is 2.06. The van der Waals surface area contributed by atoms with Crippen molar-refractivity contribution in [3.05, 3.63) is 41.5 Å². The van der Waals surface area contributed by atoms with Crippen molar-refractivity contribution in [2.24, 2.45) is 0 Å². The molecule has 0 radical (unpaired) electrons. The maximum Gasteiger partial charge on any atom is 0.142 e. The Balaban J connectivity index is 2.01. The van der Waals surface area contributed by atoms with Gasteiger partial charge in [0.25, 0.3) is 0 Å². The molecule has 1 aromatic carbocycles. The number of anilines is 3. The molecule has 0 unspecified atom stereocenters. The standard InChI is InChI=1S/C13H12N4S/c1-8-6-11-12(15-7-16-13(11)18-8)17-10-4-2-9(14)3-5-10/h2-7H,14H2,1H3,(H,15,16,17). The van der Waals surface area contributed by atoms with E-state index in [-0.39, 0.29) is 0 Å². The van der Waals surface area contributed by atoms with Crippen molar-refractivity contribution in [2.45, 2.75) is 6.92 Å². The molecule has 0 amide bonds. The number of nitrogen functional groups attached to an aromatic ring is 1. The van der Waals surface area contributed by atoms with Crippen molar-refractivity contribution in [3.8, 4) is 0 Å². The lowest BCUT2D eigenvalue weighted by molar-refractivity contribution is 1.23. The van der Waals surface area contributed by atoms with Gasteiger partial charge < -0.3 is 11.1 Å². The van der Waals surface area contributed by atoms with E-state index in [1.54, 1.807) is 17.7 Å². The molecular formula is C13H12N4S. The summed E-state index contributed by atoms with van der Waals surface area (Å²) >= 11 is 1.67. The van der Waals surface area contributed by atoms with E-state index in [1.807, 2.05) is 24.3 Å². The van der Waals surface area contributed by atoms with Crippen molar-refractivity contribution in [3.63, 3.8) is 0 Å². The second-order valence-electron chi connectivity index (χ2n) is 4.05. The van der Waals surface area contributed by atoms with Crippen LogP contribution in [-0.4, -0.2) is 9.97 Å². The van der Waals surface area contributed by atoms with Gasteiger partial charge in [0.15, 0.2) is 0 Å². The zero-order chi connectivity index (χ0) is 12.5. The largest absolute Gasteiger partial charge is 0.399 e. The van der Waals surface area contributed by atoms with E-state index in [0.717, 1.165) is 27.4 Å². The quantitative estimate of drug-likeness (QED) is 0.690. The predicted molar refractivity (Wildman–Crippen MR) is 76.3 cm³/mol. The van der Waals surface area contributed by atoms with Gasteiger partial charge >= 0.3 is 0 Å². The Labute approximate surface area is 109 Å². The molecule has 0 atom stereocenters. The molecule has 0 saturated carbocycles. The Morgan fingerprint density at radius 2 is 1.94 bits per heavy atom. The molecule has 0 aliphatic heterocycles. The number of hydrogen-bond acceptors (Lipinski definition) is 5. The van der Waals surface area contributed by atoms with Crippen LogP contribution in [0.3, 0.4) is 0 Å². The van der Waals surface area contributed by atoms with Crippen LogP contribution in [0, 0.1) is 6.92 Å². The first-order valence-corrected chi connectivity index (χ1v) is 6.38. The average Bonchev–Trinajstić information content (AvgIpc) is 2.73. The zero-order valence-electron chi connectivity index (χ0n) is 9.84. The Hall–Kier alpha value is -2.14. The van der Waals surface area contributed by atoms with Gasteiger partial charge in [0.1, 0.15) is 17.0 Å². The number of benzene rings is 1. The van der Waals surface area contributed by atoms with Gasteiger partial charge in [0, 0.05) is 16.3 Å². The van der Waals surface area contributed by atoms with Crippen LogP contribution < -0.4 is 11.1 Å². The van der Waals surface area contributed by atoms with Crippen LogP contribution in [0.15, 0.2) is 36.7 Å². The Morgan fingerprint density at radius 3 is 2.72 bits per heavy atom. The Morgan fingerprint density at radius 1 is 1.17 bits per heavy atom. The molecule has 2 heterocycles. The van der Waals surface area contributed by atoms with E-state index in [0.29, 0.717) is 0 Å². The fraction of sp³-hybridized carbons (Fsp3) is 0.0769. The summed E-state index contributed by atoms with van der Waals surface area (Å²) in [4.78, 5) is 10.8. The second kappa shape index (κ2) is 4.27. The Kier molecular flexibility index (Phi) is 2.60.